The Hall–Kier alpha value is -0.206. The van der Waals surface area contributed by atoms with E-state index in [2.05, 4.69) is 57.6 Å². The fraction of sp³-hybridized carbons (Fsp3) is 0.588. The Morgan fingerprint density at radius 3 is 2.45 bits per heavy atom. The average Bonchev–Trinajstić information content (AvgIpc) is 2.94. The Morgan fingerprint density at radius 1 is 1.15 bits per heavy atom. The van der Waals surface area contributed by atoms with Crippen molar-refractivity contribution < 1.29 is 31.1 Å². The molecule has 0 spiro atoms. The van der Waals surface area contributed by atoms with Gasteiger partial charge in [-0.2, -0.15) is 12.3 Å². The van der Waals surface area contributed by atoms with E-state index in [0.717, 1.165) is 18.3 Å². The zero-order chi connectivity index (χ0) is 12.1. The van der Waals surface area contributed by atoms with Gasteiger partial charge in [-0.25, -0.2) is 0 Å². The molecule has 0 aromatic carbocycles. The van der Waals surface area contributed by atoms with Gasteiger partial charge in [0.1, 0.15) is 0 Å². The van der Waals surface area contributed by atoms with Crippen LogP contribution in [0.1, 0.15) is 40.0 Å². The van der Waals surface area contributed by atoms with Gasteiger partial charge in [0.15, 0.2) is 0 Å². The van der Waals surface area contributed by atoms with Gasteiger partial charge in [-0.1, -0.05) is 69.1 Å². The van der Waals surface area contributed by atoms with Crippen LogP contribution in [0.25, 0.3) is 0 Å². The van der Waals surface area contributed by atoms with E-state index in [1.807, 2.05) is 0 Å². The summed E-state index contributed by atoms with van der Waals surface area (Å²) in [4.78, 5) is 0. The molecule has 109 valence electrons. The van der Waals surface area contributed by atoms with E-state index in [9.17, 15) is 0 Å². The average molecular weight is 313 g/mol. The van der Waals surface area contributed by atoms with Crippen molar-refractivity contribution in [1.29, 1.82) is 0 Å². The van der Waals surface area contributed by atoms with E-state index in [-0.39, 0.29) is 31.1 Å². The predicted molar refractivity (Wildman–Crippen MR) is 73.4 cm³/mol. The molecule has 0 heterocycles. The zero-order valence-corrected chi connectivity index (χ0v) is 14.1. The first kappa shape index (κ1) is 19.8. The number of hydrogen-bond donors (Lipinski definition) is 0. The Morgan fingerprint density at radius 2 is 1.85 bits per heavy atom. The summed E-state index contributed by atoms with van der Waals surface area (Å²) in [6.07, 6.45) is 18.2. The van der Waals surface area contributed by atoms with Crippen LogP contribution < -0.4 is 9.41 Å². The number of halogens is 2. The monoisotopic (exact) mass is 313 g/mol. The van der Waals surface area contributed by atoms with Crippen LogP contribution in [-0.2, 0) is 21.7 Å². The van der Waals surface area contributed by atoms with Crippen molar-refractivity contribution in [2.24, 2.45) is 22.7 Å². The van der Waals surface area contributed by atoms with Gasteiger partial charge in [-0.3, -0.25) is 0 Å². The smallest absolute Gasteiger partial charge is 1.00 e. The molecule has 0 aliphatic heterocycles. The van der Waals surface area contributed by atoms with Crippen molar-refractivity contribution >= 4 is 0 Å². The summed E-state index contributed by atoms with van der Waals surface area (Å²) >= 11 is 0. The maximum atomic E-state index is 2.58. The second-order valence-corrected chi connectivity index (χ2v) is 6.71. The largest absolute Gasteiger partial charge is 3.00 e. The number of fused-ring (bicyclic) bond motifs is 1. The third-order valence-corrected chi connectivity index (χ3v) is 5.28. The minimum Gasteiger partial charge on any atom is -1.00 e. The molecule has 0 amide bonds. The summed E-state index contributed by atoms with van der Waals surface area (Å²) in [5, 5.41) is 0. The van der Waals surface area contributed by atoms with Crippen molar-refractivity contribution in [3.8, 4) is 0 Å². The van der Waals surface area contributed by atoms with Gasteiger partial charge in [0.25, 0.3) is 0 Å². The Balaban J connectivity index is 0.00000120. The number of hydrogen-bond acceptors (Lipinski definition) is 0. The second-order valence-electron chi connectivity index (χ2n) is 6.71. The van der Waals surface area contributed by atoms with Crippen LogP contribution >= 0.6 is 0 Å². The molecule has 1 radical (unpaired) electrons. The summed E-state index contributed by atoms with van der Waals surface area (Å²) in [5.74, 6) is 1.58. The van der Waals surface area contributed by atoms with Crippen LogP contribution in [0.5, 0.6) is 0 Å². The molecular weight excluding hydrogens is 290 g/mol. The maximum absolute atomic E-state index is 2.58. The summed E-state index contributed by atoms with van der Waals surface area (Å²) in [6.45, 7) is 7.24. The standard InChI is InChI=1S/C17H23.2FH.Ti/c1-16(2)11-12-17(3,13-7-4-5-8-13)15-10-6-9-14(15)16;;;/h4-5,7,9,11-12,14-15H,6,8,10H2,1-3H3;2*1H;/q-1;;;+3/p-2. The molecule has 3 atom stereocenters. The summed E-state index contributed by atoms with van der Waals surface area (Å²) in [5.41, 5.74) is 2.28. The van der Waals surface area contributed by atoms with E-state index < -0.39 is 0 Å². The molecule has 0 N–H and O–H groups in total. The van der Waals surface area contributed by atoms with Crippen molar-refractivity contribution in [2.45, 2.75) is 40.0 Å². The molecule has 3 rings (SSSR count). The zero-order valence-electron chi connectivity index (χ0n) is 12.5. The number of rotatable bonds is 1. The molecule has 20 heavy (non-hydrogen) atoms. The molecule has 0 aromatic rings. The summed E-state index contributed by atoms with van der Waals surface area (Å²) in [6, 6.07) is 0. The van der Waals surface area contributed by atoms with Gasteiger partial charge in [0.05, 0.1) is 0 Å². The maximum Gasteiger partial charge on any atom is 3.00 e. The Kier molecular flexibility index (Phi) is 6.63. The normalized spacial score (nSPS) is 36.2. The van der Waals surface area contributed by atoms with E-state index in [0.29, 0.717) is 10.8 Å². The summed E-state index contributed by atoms with van der Waals surface area (Å²) < 4.78 is 0. The van der Waals surface area contributed by atoms with E-state index in [1.54, 1.807) is 5.57 Å². The minimum absolute atomic E-state index is 0. The molecule has 1 saturated carbocycles. The Labute approximate surface area is 136 Å². The van der Waals surface area contributed by atoms with Crippen molar-refractivity contribution in [2.75, 3.05) is 0 Å². The van der Waals surface area contributed by atoms with Crippen molar-refractivity contribution in [3.63, 3.8) is 0 Å². The van der Waals surface area contributed by atoms with Gasteiger partial charge in [0.2, 0.25) is 0 Å². The molecule has 3 heteroatoms. The predicted octanol–water partition coefficient (Wildman–Crippen LogP) is -1.29. The van der Waals surface area contributed by atoms with E-state index >= 15 is 0 Å². The van der Waals surface area contributed by atoms with Gasteiger partial charge in [-0.15, -0.1) is 0 Å². The van der Waals surface area contributed by atoms with Gasteiger partial charge in [0, 0.05) is 5.41 Å². The third-order valence-electron chi connectivity index (χ3n) is 5.28. The van der Waals surface area contributed by atoms with Crippen LogP contribution in [0.15, 0.2) is 36.0 Å². The van der Waals surface area contributed by atoms with Gasteiger partial charge >= 0.3 is 21.7 Å². The van der Waals surface area contributed by atoms with Gasteiger partial charge in [-0.05, 0) is 11.8 Å². The summed E-state index contributed by atoms with van der Waals surface area (Å²) in [7, 11) is 0. The third kappa shape index (κ3) is 2.87. The van der Waals surface area contributed by atoms with E-state index in [1.165, 1.54) is 12.8 Å². The SMILES string of the molecule is CC1(C)C=CC(C)(C2=CC=CC2)C2CC[CH-]C21.[F-].[F-].[Ti+3]. The molecule has 0 saturated heterocycles. The quantitative estimate of drug-likeness (QED) is 0.321. The number of allylic oxidation sites excluding steroid dienone is 6. The van der Waals surface area contributed by atoms with Gasteiger partial charge < -0.3 is 15.8 Å². The van der Waals surface area contributed by atoms with Crippen molar-refractivity contribution in [1.82, 2.24) is 0 Å². The first-order valence-electron chi connectivity index (χ1n) is 6.94. The van der Waals surface area contributed by atoms with Crippen LogP contribution in [0.3, 0.4) is 0 Å². The second kappa shape index (κ2) is 6.70. The minimum atomic E-state index is 0. The van der Waals surface area contributed by atoms with Crippen LogP contribution in [0.4, 0.5) is 0 Å². The molecular formula is C17H23F2Ti. The van der Waals surface area contributed by atoms with Crippen LogP contribution in [-0.4, -0.2) is 0 Å². The fourth-order valence-electron chi connectivity index (χ4n) is 4.11. The topological polar surface area (TPSA) is 0 Å². The molecule has 1 fully saturated rings. The first-order chi connectivity index (χ1) is 8.04. The van der Waals surface area contributed by atoms with E-state index in [4.69, 9.17) is 0 Å². The molecule has 3 unspecified atom stereocenters. The molecule has 0 nitrogen and oxygen atoms in total. The Bertz CT molecular complexity index is 423. The fourth-order valence-corrected chi connectivity index (χ4v) is 4.11. The van der Waals surface area contributed by atoms with Crippen molar-refractivity contribution in [3.05, 3.63) is 42.4 Å². The first-order valence-corrected chi connectivity index (χ1v) is 6.94. The molecule has 3 aliphatic rings. The van der Waals surface area contributed by atoms with Crippen LogP contribution in [0.2, 0.25) is 0 Å². The molecule has 3 aliphatic carbocycles. The van der Waals surface area contributed by atoms with Crippen LogP contribution in [0, 0.1) is 29.1 Å². The molecule has 0 bridgehead atoms. The molecule has 0 aromatic heterocycles.